The molecule has 1 aliphatic rings. The van der Waals surface area contributed by atoms with Crippen molar-refractivity contribution >= 4 is 11.6 Å². The number of carbonyl (C=O) groups excluding carboxylic acids is 1. The van der Waals surface area contributed by atoms with E-state index in [1.54, 1.807) is 0 Å². The van der Waals surface area contributed by atoms with Gasteiger partial charge < -0.3 is 15.2 Å². The minimum atomic E-state index is -0.0785. The summed E-state index contributed by atoms with van der Waals surface area (Å²) in [5, 5.41) is 11.7. The Kier molecular flexibility index (Phi) is 5.38. The van der Waals surface area contributed by atoms with Crippen LogP contribution in [0.3, 0.4) is 0 Å². The number of rotatable bonds is 3. The third-order valence-corrected chi connectivity index (χ3v) is 3.53. The Hall–Kier alpha value is -1.83. The van der Waals surface area contributed by atoms with Crippen molar-refractivity contribution in [2.45, 2.75) is 32.8 Å². The highest BCUT2D eigenvalue weighted by molar-refractivity contribution is 5.93. The van der Waals surface area contributed by atoms with Gasteiger partial charge in [-0.15, -0.1) is 0 Å². The highest BCUT2D eigenvalue weighted by Crippen LogP contribution is 2.21. The maximum Gasteiger partial charge on any atom is 0.229 e. The van der Waals surface area contributed by atoms with Gasteiger partial charge in [-0.25, -0.2) is 0 Å². The fourth-order valence-corrected chi connectivity index (χ4v) is 2.29. The monoisotopic (exact) mass is 287 g/mol. The van der Waals surface area contributed by atoms with E-state index in [0.717, 1.165) is 23.2 Å². The zero-order valence-corrected chi connectivity index (χ0v) is 12.5. The summed E-state index contributed by atoms with van der Waals surface area (Å²) >= 11 is 0. The number of hydrogen-bond acceptors (Lipinski definition) is 3. The van der Waals surface area contributed by atoms with Crippen molar-refractivity contribution in [2.24, 2.45) is 5.92 Å². The SMILES string of the molecule is Cc1ccc(NC(=O)C2COC(C)C2)cc1C#CCCO. The molecule has 0 bridgehead atoms. The number of benzene rings is 1. The Morgan fingerprint density at radius 1 is 1.52 bits per heavy atom. The molecule has 1 fully saturated rings. The zero-order chi connectivity index (χ0) is 15.2. The van der Waals surface area contributed by atoms with Crippen LogP contribution in [-0.2, 0) is 9.53 Å². The molecule has 4 nitrogen and oxygen atoms in total. The average molecular weight is 287 g/mol. The Morgan fingerprint density at radius 2 is 2.33 bits per heavy atom. The predicted molar refractivity (Wildman–Crippen MR) is 81.9 cm³/mol. The Labute approximate surface area is 125 Å². The number of hydrogen-bond donors (Lipinski definition) is 2. The van der Waals surface area contributed by atoms with E-state index in [1.165, 1.54) is 0 Å². The fraction of sp³-hybridized carbons (Fsp3) is 0.471. The predicted octanol–water partition coefficient (Wildman–Crippen LogP) is 2.09. The molecule has 2 unspecified atom stereocenters. The molecule has 2 N–H and O–H groups in total. The molecule has 0 radical (unpaired) electrons. The van der Waals surface area contributed by atoms with Gasteiger partial charge in [-0.3, -0.25) is 4.79 Å². The van der Waals surface area contributed by atoms with Gasteiger partial charge in [0.15, 0.2) is 0 Å². The highest BCUT2D eigenvalue weighted by Gasteiger charge is 2.28. The second kappa shape index (κ2) is 7.26. The first kappa shape index (κ1) is 15.6. The number of aliphatic hydroxyl groups excluding tert-OH is 1. The topological polar surface area (TPSA) is 58.6 Å². The summed E-state index contributed by atoms with van der Waals surface area (Å²) in [5.41, 5.74) is 2.67. The molecule has 112 valence electrons. The maximum atomic E-state index is 12.2. The van der Waals surface area contributed by atoms with Crippen LogP contribution in [0.1, 0.15) is 30.9 Å². The molecule has 0 aromatic heterocycles. The molecule has 21 heavy (non-hydrogen) atoms. The van der Waals surface area contributed by atoms with Crippen LogP contribution in [0.2, 0.25) is 0 Å². The molecule has 1 saturated heterocycles. The van der Waals surface area contributed by atoms with Crippen LogP contribution in [-0.4, -0.2) is 30.3 Å². The van der Waals surface area contributed by atoms with E-state index in [2.05, 4.69) is 17.2 Å². The summed E-state index contributed by atoms with van der Waals surface area (Å²) in [6.07, 6.45) is 1.37. The maximum absolute atomic E-state index is 12.2. The minimum absolute atomic E-state index is 0.00234. The van der Waals surface area contributed by atoms with Crippen LogP contribution >= 0.6 is 0 Å². The number of aryl methyl sites for hydroxylation is 1. The van der Waals surface area contributed by atoms with Gasteiger partial charge in [-0.2, -0.15) is 0 Å². The van der Waals surface area contributed by atoms with Crippen LogP contribution in [0.15, 0.2) is 18.2 Å². The molecule has 1 amide bonds. The first-order valence-electron chi connectivity index (χ1n) is 7.23. The van der Waals surface area contributed by atoms with Crippen molar-refractivity contribution in [3.63, 3.8) is 0 Å². The van der Waals surface area contributed by atoms with E-state index in [9.17, 15) is 4.79 Å². The van der Waals surface area contributed by atoms with Crippen molar-refractivity contribution in [3.8, 4) is 11.8 Å². The lowest BCUT2D eigenvalue weighted by Crippen LogP contribution is -2.23. The van der Waals surface area contributed by atoms with Crippen LogP contribution in [0.25, 0.3) is 0 Å². The summed E-state index contributed by atoms with van der Waals surface area (Å²) in [5.74, 6) is 5.84. The number of ether oxygens (including phenoxy) is 1. The second-order valence-electron chi connectivity index (χ2n) is 5.37. The molecule has 1 heterocycles. The van der Waals surface area contributed by atoms with E-state index < -0.39 is 0 Å². The van der Waals surface area contributed by atoms with Crippen LogP contribution < -0.4 is 5.32 Å². The summed E-state index contributed by atoms with van der Waals surface area (Å²) in [6, 6.07) is 5.69. The first-order valence-corrected chi connectivity index (χ1v) is 7.23. The van der Waals surface area contributed by atoms with Crippen molar-refractivity contribution in [2.75, 3.05) is 18.5 Å². The van der Waals surface area contributed by atoms with Crippen molar-refractivity contribution in [1.29, 1.82) is 0 Å². The Morgan fingerprint density at radius 3 is 3.00 bits per heavy atom. The molecule has 4 heteroatoms. The largest absolute Gasteiger partial charge is 0.395 e. The van der Waals surface area contributed by atoms with Crippen molar-refractivity contribution < 1.29 is 14.6 Å². The lowest BCUT2D eigenvalue weighted by Gasteiger charge is -2.10. The number of anilines is 1. The van der Waals surface area contributed by atoms with Crippen molar-refractivity contribution in [1.82, 2.24) is 0 Å². The average Bonchev–Trinajstić information content (AvgIpc) is 2.89. The van der Waals surface area contributed by atoms with Gasteiger partial charge in [-0.1, -0.05) is 17.9 Å². The minimum Gasteiger partial charge on any atom is -0.395 e. The van der Waals surface area contributed by atoms with Gasteiger partial charge in [0.05, 0.1) is 25.2 Å². The first-order chi connectivity index (χ1) is 10.1. The lowest BCUT2D eigenvalue weighted by atomic mass is 10.0. The van der Waals surface area contributed by atoms with Gasteiger partial charge in [0, 0.05) is 17.7 Å². The molecule has 2 atom stereocenters. The van der Waals surface area contributed by atoms with E-state index in [4.69, 9.17) is 9.84 Å². The van der Waals surface area contributed by atoms with Gasteiger partial charge >= 0.3 is 0 Å². The Balaban J connectivity index is 2.05. The normalized spacial score (nSPS) is 20.7. The smallest absolute Gasteiger partial charge is 0.229 e. The summed E-state index contributed by atoms with van der Waals surface area (Å²) < 4.78 is 5.43. The molecule has 2 rings (SSSR count). The van der Waals surface area contributed by atoms with Crippen LogP contribution in [0.5, 0.6) is 0 Å². The standard InChI is InChI=1S/C17H21NO3/c1-12-6-7-16(10-14(12)5-3-4-8-19)18-17(20)15-9-13(2)21-11-15/h6-7,10,13,15,19H,4,8-9,11H2,1-2H3,(H,18,20). The van der Waals surface area contributed by atoms with Crippen LogP contribution in [0.4, 0.5) is 5.69 Å². The second-order valence-corrected chi connectivity index (χ2v) is 5.37. The highest BCUT2D eigenvalue weighted by atomic mass is 16.5. The third-order valence-electron chi connectivity index (χ3n) is 3.53. The molecule has 1 aromatic rings. The van der Waals surface area contributed by atoms with Gasteiger partial charge in [0.25, 0.3) is 0 Å². The Bertz CT molecular complexity index is 571. The molecule has 0 saturated carbocycles. The van der Waals surface area contributed by atoms with E-state index >= 15 is 0 Å². The number of carbonyl (C=O) groups is 1. The van der Waals surface area contributed by atoms with Crippen LogP contribution in [0, 0.1) is 24.7 Å². The zero-order valence-electron chi connectivity index (χ0n) is 12.5. The quantitative estimate of drug-likeness (QED) is 0.837. The molecule has 1 aromatic carbocycles. The number of amides is 1. The third kappa shape index (κ3) is 4.32. The number of aliphatic hydroxyl groups is 1. The van der Waals surface area contributed by atoms with E-state index in [-0.39, 0.29) is 24.5 Å². The molecular weight excluding hydrogens is 266 g/mol. The molecule has 0 spiro atoms. The van der Waals surface area contributed by atoms with Gasteiger partial charge in [0.1, 0.15) is 0 Å². The summed E-state index contributed by atoms with van der Waals surface area (Å²) in [7, 11) is 0. The molecule has 0 aliphatic carbocycles. The van der Waals surface area contributed by atoms with Gasteiger partial charge in [-0.05, 0) is 38.0 Å². The lowest BCUT2D eigenvalue weighted by molar-refractivity contribution is -0.119. The summed E-state index contributed by atoms with van der Waals surface area (Å²) in [6.45, 7) is 4.50. The van der Waals surface area contributed by atoms with Gasteiger partial charge in [0.2, 0.25) is 5.91 Å². The van der Waals surface area contributed by atoms with E-state index in [0.29, 0.717) is 13.0 Å². The molecular formula is C17H21NO3. The summed E-state index contributed by atoms with van der Waals surface area (Å²) in [4.78, 5) is 12.2. The fourth-order valence-electron chi connectivity index (χ4n) is 2.29. The van der Waals surface area contributed by atoms with Crippen molar-refractivity contribution in [3.05, 3.63) is 29.3 Å². The van der Waals surface area contributed by atoms with E-state index in [1.807, 2.05) is 32.0 Å². The molecule has 1 aliphatic heterocycles. The number of nitrogens with one attached hydrogen (secondary N) is 1.